The minimum Gasteiger partial charge on any atom is -0.487 e. The minimum atomic E-state index is 0.424. The molecule has 0 saturated carbocycles. The zero-order chi connectivity index (χ0) is 14.2. The highest BCUT2D eigenvalue weighted by atomic mass is 16.5. The van der Waals surface area contributed by atoms with Crippen molar-refractivity contribution in [1.82, 2.24) is 15.2 Å². The Morgan fingerprint density at radius 2 is 2.10 bits per heavy atom. The third-order valence-electron chi connectivity index (χ3n) is 4.74. The first-order valence-corrected chi connectivity index (χ1v) is 7.85. The Morgan fingerprint density at radius 1 is 1.24 bits per heavy atom. The molecule has 0 unspecified atom stereocenters. The number of hydrogen-bond acceptors (Lipinski definition) is 6. The van der Waals surface area contributed by atoms with Gasteiger partial charge in [0.05, 0.1) is 17.9 Å². The van der Waals surface area contributed by atoms with Gasteiger partial charge in [-0.1, -0.05) is 0 Å². The van der Waals surface area contributed by atoms with Gasteiger partial charge in [-0.15, -0.1) is 0 Å². The second kappa shape index (κ2) is 5.35. The summed E-state index contributed by atoms with van der Waals surface area (Å²) in [5.74, 6) is 1.97. The number of fused-ring (bicyclic) bond motifs is 3. The van der Waals surface area contributed by atoms with E-state index in [9.17, 15) is 0 Å². The average Bonchev–Trinajstić information content (AvgIpc) is 2.55. The van der Waals surface area contributed by atoms with E-state index in [4.69, 9.17) is 9.72 Å². The highest BCUT2D eigenvalue weighted by Crippen LogP contribution is 2.35. The first kappa shape index (κ1) is 13.2. The standard InChI is InChI=1S/C15H23N5O/c1-18-4-6-19(7-5-18)12-8-14-15(17-10-12)20-3-2-16-9-13(20)11-21-14/h8,10,13,16H,2-7,9,11H2,1H3/t13-/m0/s1. The number of aromatic nitrogens is 1. The number of anilines is 2. The van der Waals surface area contributed by atoms with Gasteiger partial charge in [0.25, 0.3) is 0 Å². The molecule has 1 aromatic heterocycles. The molecule has 0 amide bonds. The molecule has 6 nitrogen and oxygen atoms in total. The van der Waals surface area contributed by atoms with Gasteiger partial charge in [-0.05, 0) is 7.05 Å². The molecule has 1 N–H and O–H groups in total. The Kier molecular flexibility index (Phi) is 3.35. The van der Waals surface area contributed by atoms with E-state index in [0.29, 0.717) is 6.04 Å². The van der Waals surface area contributed by atoms with Crippen LogP contribution in [0.15, 0.2) is 12.3 Å². The summed E-state index contributed by atoms with van der Waals surface area (Å²) in [5, 5.41) is 3.42. The second-order valence-electron chi connectivity index (χ2n) is 6.17. The third kappa shape index (κ3) is 2.42. The van der Waals surface area contributed by atoms with Crippen LogP contribution in [0.4, 0.5) is 11.5 Å². The summed E-state index contributed by atoms with van der Waals surface area (Å²) in [6.45, 7) is 8.13. The summed E-state index contributed by atoms with van der Waals surface area (Å²) >= 11 is 0. The predicted octanol–water partition coefficient (Wildman–Crippen LogP) is 0.00400. The van der Waals surface area contributed by atoms with E-state index in [-0.39, 0.29) is 0 Å². The second-order valence-corrected chi connectivity index (χ2v) is 6.17. The van der Waals surface area contributed by atoms with Crippen LogP contribution in [0.25, 0.3) is 0 Å². The van der Waals surface area contributed by atoms with Crippen molar-refractivity contribution < 1.29 is 4.74 Å². The van der Waals surface area contributed by atoms with Gasteiger partial charge in [0.1, 0.15) is 6.61 Å². The lowest BCUT2D eigenvalue weighted by Crippen LogP contribution is -2.56. The van der Waals surface area contributed by atoms with Gasteiger partial charge in [-0.2, -0.15) is 0 Å². The van der Waals surface area contributed by atoms with Gasteiger partial charge in [0.15, 0.2) is 11.6 Å². The largest absolute Gasteiger partial charge is 0.487 e. The molecule has 2 fully saturated rings. The van der Waals surface area contributed by atoms with Gasteiger partial charge in [-0.25, -0.2) is 4.98 Å². The Labute approximate surface area is 125 Å². The highest BCUT2D eigenvalue weighted by molar-refractivity contribution is 5.62. The Hall–Kier alpha value is -1.53. The van der Waals surface area contributed by atoms with Crippen LogP contribution in [0.1, 0.15) is 0 Å². The molecule has 2 saturated heterocycles. The normalized spacial score (nSPS) is 26.0. The first-order chi connectivity index (χ1) is 10.3. The maximum absolute atomic E-state index is 5.96. The molecule has 0 aliphatic carbocycles. The van der Waals surface area contributed by atoms with Crippen LogP contribution in [0.2, 0.25) is 0 Å². The average molecular weight is 289 g/mol. The van der Waals surface area contributed by atoms with Crippen LogP contribution in [0.3, 0.4) is 0 Å². The van der Waals surface area contributed by atoms with Crippen LogP contribution < -0.4 is 19.9 Å². The molecule has 0 bridgehead atoms. The smallest absolute Gasteiger partial charge is 0.171 e. The van der Waals surface area contributed by atoms with E-state index in [1.165, 1.54) is 5.69 Å². The lowest BCUT2D eigenvalue weighted by Gasteiger charge is -2.41. The Bertz CT molecular complexity index is 515. The maximum atomic E-state index is 5.96. The van der Waals surface area contributed by atoms with Crippen LogP contribution in [-0.2, 0) is 0 Å². The van der Waals surface area contributed by atoms with Crippen molar-refractivity contribution in [3.8, 4) is 5.75 Å². The van der Waals surface area contributed by atoms with E-state index in [1.807, 2.05) is 6.20 Å². The van der Waals surface area contributed by atoms with Gasteiger partial charge < -0.3 is 24.8 Å². The molecular weight excluding hydrogens is 266 g/mol. The van der Waals surface area contributed by atoms with Crippen molar-refractivity contribution in [1.29, 1.82) is 0 Å². The molecule has 114 valence electrons. The van der Waals surface area contributed by atoms with Crippen molar-refractivity contribution in [3.05, 3.63) is 12.3 Å². The number of hydrogen-bond donors (Lipinski definition) is 1. The van der Waals surface area contributed by atoms with Crippen LogP contribution in [0, 0.1) is 0 Å². The molecule has 3 aliphatic rings. The number of nitrogens with one attached hydrogen (secondary N) is 1. The fourth-order valence-electron chi connectivity index (χ4n) is 3.36. The van der Waals surface area contributed by atoms with Gasteiger partial charge in [0, 0.05) is 51.9 Å². The molecule has 0 spiro atoms. The van der Waals surface area contributed by atoms with Gasteiger partial charge in [0.2, 0.25) is 0 Å². The molecule has 21 heavy (non-hydrogen) atoms. The van der Waals surface area contributed by atoms with Crippen LogP contribution in [0.5, 0.6) is 5.75 Å². The van der Waals surface area contributed by atoms with Crippen LogP contribution >= 0.6 is 0 Å². The summed E-state index contributed by atoms with van der Waals surface area (Å²) in [4.78, 5) is 11.9. The molecule has 1 aromatic rings. The molecule has 4 heterocycles. The number of ether oxygens (including phenoxy) is 1. The lowest BCUT2D eigenvalue weighted by molar-refractivity contribution is 0.244. The fraction of sp³-hybridized carbons (Fsp3) is 0.667. The number of pyridine rings is 1. The van der Waals surface area contributed by atoms with E-state index in [2.05, 4.69) is 33.1 Å². The van der Waals surface area contributed by atoms with Crippen LogP contribution in [-0.4, -0.2) is 75.4 Å². The summed E-state index contributed by atoms with van der Waals surface area (Å²) in [5.41, 5.74) is 1.19. The maximum Gasteiger partial charge on any atom is 0.171 e. The highest BCUT2D eigenvalue weighted by Gasteiger charge is 2.31. The van der Waals surface area contributed by atoms with E-state index in [1.54, 1.807) is 0 Å². The quantitative estimate of drug-likeness (QED) is 0.785. The van der Waals surface area contributed by atoms with E-state index >= 15 is 0 Å². The monoisotopic (exact) mass is 289 g/mol. The fourth-order valence-corrected chi connectivity index (χ4v) is 3.36. The number of rotatable bonds is 1. The van der Waals surface area contributed by atoms with Gasteiger partial charge >= 0.3 is 0 Å². The SMILES string of the molecule is CN1CCN(c2cnc3c(c2)OC[C@@H]2CNCCN32)CC1. The molecule has 3 aliphatic heterocycles. The van der Waals surface area contributed by atoms with E-state index in [0.717, 1.165) is 64.0 Å². The number of nitrogens with zero attached hydrogens (tertiary/aromatic N) is 4. The topological polar surface area (TPSA) is 43.9 Å². The third-order valence-corrected chi connectivity index (χ3v) is 4.74. The molecular formula is C15H23N5O. The summed E-state index contributed by atoms with van der Waals surface area (Å²) in [6, 6.07) is 2.60. The molecule has 4 rings (SSSR count). The summed E-state index contributed by atoms with van der Waals surface area (Å²) in [6.07, 6.45) is 2.01. The lowest BCUT2D eigenvalue weighted by atomic mass is 10.1. The molecule has 1 atom stereocenters. The summed E-state index contributed by atoms with van der Waals surface area (Å²) < 4.78 is 5.96. The number of likely N-dealkylation sites (N-methyl/N-ethyl adjacent to an activating group) is 1. The first-order valence-electron chi connectivity index (χ1n) is 7.85. The Balaban J connectivity index is 1.57. The molecule has 0 radical (unpaired) electrons. The zero-order valence-electron chi connectivity index (χ0n) is 12.6. The van der Waals surface area contributed by atoms with E-state index < -0.39 is 0 Å². The minimum absolute atomic E-state index is 0.424. The van der Waals surface area contributed by atoms with Crippen molar-refractivity contribution in [2.75, 3.05) is 69.3 Å². The summed E-state index contributed by atoms with van der Waals surface area (Å²) in [7, 11) is 2.18. The van der Waals surface area contributed by atoms with Crippen molar-refractivity contribution in [2.45, 2.75) is 6.04 Å². The molecule has 0 aromatic carbocycles. The van der Waals surface area contributed by atoms with Gasteiger partial charge in [-0.3, -0.25) is 0 Å². The predicted molar refractivity (Wildman–Crippen MR) is 83.4 cm³/mol. The number of piperazine rings is 2. The van der Waals surface area contributed by atoms with Crippen molar-refractivity contribution >= 4 is 11.5 Å². The zero-order valence-corrected chi connectivity index (χ0v) is 12.6. The van der Waals surface area contributed by atoms with Crippen molar-refractivity contribution in [2.24, 2.45) is 0 Å². The van der Waals surface area contributed by atoms with Crippen molar-refractivity contribution in [3.63, 3.8) is 0 Å². The Morgan fingerprint density at radius 3 is 2.95 bits per heavy atom. The molecule has 6 heteroatoms.